The van der Waals surface area contributed by atoms with E-state index in [0.29, 0.717) is 32.0 Å². The Kier molecular flexibility index (Phi) is 4.17. The van der Waals surface area contributed by atoms with E-state index in [2.05, 4.69) is 25.0 Å². The predicted molar refractivity (Wildman–Crippen MR) is 93.5 cm³/mol. The van der Waals surface area contributed by atoms with Gasteiger partial charge in [-0.1, -0.05) is 0 Å². The van der Waals surface area contributed by atoms with Gasteiger partial charge in [0, 0.05) is 38.4 Å². The van der Waals surface area contributed by atoms with Gasteiger partial charge in [0.2, 0.25) is 0 Å². The number of anilines is 1. The summed E-state index contributed by atoms with van der Waals surface area (Å²) < 4.78 is 28.2. The lowest BCUT2D eigenvalue weighted by Gasteiger charge is -2.34. The van der Waals surface area contributed by atoms with Gasteiger partial charge in [-0.25, -0.2) is 28.1 Å². The van der Waals surface area contributed by atoms with Crippen LogP contribution in [-0.4, -0.2) is 68.6 Å². The molecule has 0 aromatic carbocycles. The highest BCUT2D eigenvalue weighted by Gasteiger charge is 2.30. The SMILES string of the molecule is Cc1ccn(-c2cc(N3CCN(S(=O)(=O)c4cnc[nH]4)CC3)ncn2)n1. The maximum absolute atomic E-state index is 12.5. The summed E-state index contributed by atoms with van der Waals surface area (Å²) in [5.41, 5.74) is 0.905. The van der Waals surface area contributed by atoms with Crippen LogP contribution in [0.2, 0.25) is 0 Å². The van der Waals surface area contributed by atoms with Gasteiger partial charge in [0.15, 0.2) is 10.8 Å². The van der Waals surface area contributed by atoms with Gasteiger partial charge in [-0.3, -0.25) is 0 Å². The number of sulfonamides is 1. The first-order valence-corrected chi connectivity index (χ1v) is 9.56. The zero-order chi connectivity index (χ0) is 18.1. The molecule has 1 saturated heterocycles. The van der Waals surface area contributed by atoms with Crippen LogP contribution in [0.15, 0.2) is 42.2 Å². The van der Waals surface area contributed by atoms with Crippen molar-refractivity contribution in [1.82, 2.24) is 34.0 Å². The highest BCUT2D eigenvalue weighted by Crippen LogP contribution is 2.19. The van der Waals surface area contributed by atoms with E-state index in [-0.39, 0.29) is 5.03 Å². The summed E-state index contributed by atoms with van der Waals surface area (Å²) in [6.07, 6.45) is 6.03. The van der Waals surface area contributed by atoms with E-state index >= 15 is 0 Å². The average molecular weight is 374 g/mol. The van der Waals surface area contributed by atoms with Crippen molar-refractivity contribution < 1.29 is 8.42 Å². The summed E-state index contributed by atoms with van der Waals surface area (Å²) in [5, 5.41) is 4.47. The van der Waals surface area contributed by atoms with Gasteiger partial charge in [0.1, 0.15) is 12.1 Å². The Bertz CT molecular complexity index is 990. The zero-order valence-corrected chi connectivity index (χ0v) is 15.0. The van der Waals surface area contributed by atoms with Gasteiger partial charge in [0.05, 0.1) is 18.2 Å². The molecular formula is C15H18N8O2S. The van der Waals surface area contributed by atoms with Crippen molar-refractivity contribution >= 4 is 15.8 Å². The normalized spacial score (nSPS) is 16.1. The number of aromatic amines is 1. The molecule has 4 rings (SSSR count). The number of aryl methyl sites for hydroxylation is 1. The highest BCUT2D eigenvalue weighted by atomic mass is 32.2. The number of H-pyrrole nitrogens is 1. The van der Waals surface area contributed by atoms with E-state index in [0.717, 1.165) is 11.5 Å². The standard InChI is InChI=1S/C15H18N8O2S/c1-12-2-3-23(20-12)14-8-13(17-11-18-14)21-4-6-22(7-5-21)26(24,25)15-9-16-10-19-15/h2-3,8-11H,4-7H2,1H3,(H,16,19). The molecule has 1 fully saturated rings. The van der Waals surface area contributed by atoms with Crippen LogP contribution >= 0.6 is 0 Å². The van der Waals surface area contributed by atoms with E-state index in [9.17, 15) is 8.42 Å². The molecule has 26 heavy (non-hydrogen) atoms. The fraction of sp³-hybridized carbons (Fsp3) is 0.333. The molecule has 4 heterocycles. The van der Waals surface area contributed by atoms with Crippen LogP contribution in [0, 0.1) is 6.92 Å². The van der Waals surface area contributed by atoms with Crippen molar-refractivity contribution in [3.63, 3.8) is 0 Å². The topological polar surface area (TPSA) is 113 Å². The Morgan fingerprint density at radius 2 is 1.88 bits per heavy atom. The van der Waals surface area contributed by atoms with Crippen LogP contribution in [-0.2, 0) is 10.0 Å². The number of imidazole rings is 1. The van der Waals surface area contributed by atoms with Gasteiger partial charge in [-0.05, 0) is 13.0 Å². The van der Waals surface area contributed by atoms with E-state index in [1.54, 1.807) is 4.68 Å². The Morgan fingerprint density at radius 1 is 1.12 bits per heavy atom. The number of hydrogen-bond acceptors (Lipinski definition) is 7. The van der Waals surface area contributed by atoms with Crippen molar-refractivity contribution in [3.05, 3.63) is 42.9 Å². The van der Waals surface area contributed by atoms with Crippen molar-refractivity contribution in [3.8, 4) is 5.82 Å². The van der Waals surface area contributed by atoms with Gasteiger partial charge < -0.3 is 9.88 Å². The lowest BCUT2D eigenvalue weighted by Crippen LogP contribution is -2.49. The van der Waals surface area contributed by atoms with Gasteiger partial charge in [-0.15, -0.1) is 0 Å². The van der Waals surface area contributed by atoms with Crippen LogP contribution in [0.5, 0.6) is 0 Å². The Labute approximate surface area is 150 Å². The molecule has 0 atom stereocenters. The van der Waals surface area contributed by atoms with Crippen molar-refractivity contribution in [2.45, 2.75) is 11.9 Å². The third-order valence-electron chi connectivity index (χ3n) is 4.25. The summed E-state index contributed by atoms with van der Waals surface area (Å²) >= 11 is 0. The average Bonchev–Trinajstić information content (AvgIpc) is 3.34. The first-order valence-electron chi connectivity index (χ1n) is 8.12. The van der Waals surface area contributed by atoms with Crippen LogP contribution < -0.4 is 4.90 Å². The highest BCUT2D eigenvalue weighted by molar-refractivity contribution is 7.89. The Morgan fingerprint density at radius 3 is 2.54 bits per heavy atom. The number of aromatic nitrogens is 6. The molecule has 0 bridgehead atoms. The molecule has 11 heteroatoms. The first-order chi connectivity index (χ1) is 12.5. The van der Waals surface area contributed by atoms with Gasteiger partial charge >= 0.3 is 0 Å². The number of rotatable bonds is 4. The van der Waals surface area contributed by atoms with Crippen LogP contribution in [0.4, 0.5) is 5.82 Å². The van der Waals surface area contributed by atoms with E-state index in [4.69, 9.17) is 0 Å². The lowest BCUT2D eigenvalue weighted by atomic mass is 10.3. The van der Waals surface area contributed by atoms with Crippen LogP contribution in [0.1, 0.15) is 5.69 Å². The second-order valence-corrected chi connectivity index (χ2v) is 7.85. The van der Waals surface area contributed by atoms with Gasteiger partial charge in [-0.2, -0.15) is 9.40 Å². The summed E-state index contributed by atoms with van der Waals surface area (Å²) in [6, 6.07) is 3.76. The molecule has 0 radical (unpaired) electrons. The molecule has 1 N–H and O–H groups in total. The second-order valence-electron chi connectivity index (χ2n) is 5.94. The Balaban J connectivity index is 1.49. The number of piperazine rings is 1. The largest absolute Gasteiger partial charge is 0.354 e. The van der Waals surface area contributed by atoms with Crippen molar-refractivity contribution in [1.29, 1.82) is 0 Å². The van der Waals surface area contributed by atoms with E-state index in [1.165, 1.54) is 23.2 Å². The molecule has 0 aliphatic carbocycles. The molecule has 0 spiro atoms. The third-order valence-corrected chi connectivity index (χ3v) is 6.07. The molecule has 0 amide bonds. The maximum Gasteiger partial charge on any atom is 0.260 e. The maximum atomic E-state index is 12.5. The van der Waals surface area contributed by atoms with E-state index < -0.39 is 10.0 Å². The molecule has 10 nitrogen and oxygen atoms in total. The first kappa shape index (κ1) is 16.7. The fourth-order valence-corrected chi connectivity index (χ4v) is 4.18. The summed E-state index contributed by atoms with van der Waals surface area (Å²) in [5.74, 6) is 1.43. The summed E-state index contributed by atoms with van der Waals surface area (Å²) in [6.45, 7) is 3.75. The molecule has 3 aromatic rings. The molecule has 1 aliphatic heterocycles. The zero-order valence-electron chi connectivity index (χ0n) is 14.1. The Hall–Kier alpha value is -2.79. The number of hydrogen-bond donors (Lipinski definition) is 1. The van der Waals surface area contributed by atoms with Gasteiger partial charge in [0.25, 0.3) is 10.0 Å². The molecular weight excluding hydrogens is 356 g/mol. The molecule has 0 saturated carbocycles. The predicted octanol–water partition coefficient (Wildman–Crippen LogP) is 0.205. The molecule has 1 aliphatic rings. The lowest BCUT2D eigenvalue weighted by molar-refractivity contribution is 0.382. The van der Waals surface area contributed by atoms with Crippen molar-refractivity contribution in [2.24, 2.45) is 0 Å². The van der Waals surface area contributed by atoms with Crippen LogP contribution in [0.25, 0.3) is 5.82 Å². The third kappa shape index (κ3) is 3.06. The smallest absolute Gasteiger partial charge is 0.260 e. The monoisotopic (exact) mass is 374 g/mol. The number of nitrogens with one attached hydrogen (secondary N) is 1. The quantitative estimate of drug-likeness (QED) is 0.694. The fourth-order valence-electron chi connectivity index (χ4n) is 2.86. The molecule has 136 valence electrons. The molecule has 3 aromatic heterocycles. The summed E-state index contributed by atoms with van der Waals surface area (Å²) in [7, 11) is -3.53. The minimum absolute atomic E-state index is 0.115. The minimum Gasteiger partial charge on any atom is -0.354 e. The second kappa shape index (κ2) is 6.50. The van der Waals surface area contributed by atoms with Crippen LogP contribution in [0.3, 0.4) is 0 Å². The molecule has 0 unspecified atom stereocenters. The van der Waals surface area contributed by atoms with E-state index in [1.807, 2.05) is 30.2 Å². The van der Waals surface area contributed by atoms with Crippen molar-refractivity contribution in [2.75, 3.05) is 31.1 Å². The number of nitrogens with zero attached hydrogens (tertiary/aromatic N) is 7. The summed E-state index contributed by atoms with van der Waals surface area (Å²) in [4.78, 5) is 17.1. The minimum atomic E-state index is -3.53.